The lowest BCUT2D eigenvalue weighted by atomic mass is 9.94. The molecule has 0 saturated heterocycles. The van der Waals surface area contributed by atoms with Gasteiger partial charge in [0, 0.05) is 4.91 Å². The number of thioether (sulfide) groups is 3. The average molecular weight is 384 g/mol. The zero-order valence-corrected chi connectivity index (χ0v) is 13.8. The number of rotatable bonds is 4. The Kier molecular flexibility index (Phi) is 6.62. The quantitative estimate of drug-likeness (QED) is 0.301. The van der Waals surface area contributed by atoms with Crippen LogP contribution in [-0.4, -0.2) is 15.0 Å². The zero-order chi connectivity index (χ0) is 12.0. The van der Waals surface area contributed by atoms with Crippen molar-refractivity contribution < 1.29 is 0 Å². The standard InChI is InChI=1S/C10H13IN2S3/c1-3-10(4-2)8(5-11)16-9(13-10)15-7-14-6-12/h5H,3-4,7H2,1-2H3/b8-5-. The largest absolute Gasteiger partial charge is 0.259 e. The first kappa shape index (κ1) is 14.7. The van der Waals surface area contributed by atoms with Gasteiger partial charge in [-0.15, -0.1) is 0 Å². The van der Waals surface area contributed by atoms with Gasteiger partial charge in [0.25, 0.3) is 0 Å². The monoisotopic (exact) mass is 384 g/mol. The van der Waals surface area contributed by atoms with Gasteiger partial charge in [-0.1, -0.05) is 60.0 Å². The summed E-state index contributed by atoms with van der Waals surface area (Å²) in [6.07, 6.45) is 2.08. The molecule has 0 saturated carbocycles. The molecule has 16 heavy (non-hydrogen) atoms. The van der Waals surface area contributed by atoms with E-state index in [1.54, 1.807) is 23.5 Å². The fraction of sp³-hybridized carbons (Fsp3) is 0.600. The van der Waals surface area contributed by atoms with Crippen molar-refractivity contribution in [3.05, 3.63) is 8.99 Å². The Morgan fingerprint density at radius 1 is 1.56 bits per heavy atom. The van der Waals surface area contributed by atoms with Crippen molar-refractivity contribution in [3.8, 4) is 5.40 Å². The van der Waals surface area contributed by atoms with Crippen LogP contribution >= 0.6 is 57.9 Å². The lowest BCUT2D eigenvalue weighted by Gasteiger charge is -2.23. The Morgan fingerprint density at radius 3 is 2.69 bits per heavy atom. The summed E-state index contributed by atoms with van der Waals surface area (Å²) in [4.78, 5) is 6.18. The molecule has 1 aliphatic rings. The molecule has 0 amide bonds. The van der Waals surface area contributed by atoms with E-state index in [4.69, 9.17) is 10.3 Å². The number of nitriles is 1. The van der Waals surface area contributed by atoms with Crippen LogP contribution in [0.1, 0.15) is 26.7 Å². The van der Waals surface area contributed by atoms with Gasteiger partial charge in [-0.25, -0.2) is 0 Å². The summed E-state index contributed by atoms with van der Waals surface area (Å²) in [7, 11) is 0. The van der Waals surface area contributed by atoms with E-state index in [1.165, 1.54) is 16.7 Å². The minimum Gasteiger partial charge on any atom is -0.259 e. The van der Waals surface area contributed by atoms with E-state index in [-0.39, 0.29) is 5.54 Å². The molecule has 0 fully saturated rings. The van der Waals surface area contributed by atoms with Gasteiger partial charge in [0.2, 0.25) is 0 Å². The normalized spacial score (nSPS) is 20.9. The molecule has 2 nitrogen and oxygen atoms in total. The van der Waals surface area contributed by atoms with Crippen molar-refractivity contribution >= 4 is 62.3 Å². The molecule has 0 radical (unpaired) electrons. The molecule has 0 bridgehead atoms. The third kappa shape index (κ3) is 3.34. The van der Waals surface area contributed by atoms with Crippen molar-refractivity contribution in [2.75, 3.05) is 5.08 Å². The highest BCUT2D eigenvalue weighted by Gasteiger charge is 2.37. The summed E-state index contributed by atoms with van der Waals surface area (Å²) in [5, 5.41) is 11.3. The van der Waals surface area contributed by atoms with Gasteiger partial charge < -0.3 is 0 Å². The lowest BCUT2D eigenvalue weighted by Crippen LogP contribution is -2.22. The summed E-state index contributed by atoms with van der Waals surface area (Å²) in [6.45, 7) is 4.37. The minimum atomic E-state index is 0.00546. The van der Waals surface area contributed by atoms with Gasteiger partial charge in [0.05, 0.1) is 10.6 Å². The molecule has 0 aromatic rings. The molecule has 88 valence electrons. The summed E-state index contributed by atoms with van der Waals surface area (Å²) in [5.41, 5.74) is 0.00546. The van der Waals surface area contributed by atoms with Gasteiger partial charge in [-0.2, -0.15) is 5.26 Å². The molecule has 0 unspecified atom stereocenters. The van der Waals surface area contributed by atoms with Crippen LogP contribution in [0.5, 0.6) is 0 Å². The average Bonchev–Trinajstić information content (AvgIpc) is 2.68. The third-order valence-corrected chi connectivity index (χ3v) is 6.58. The Balaban J connectivity index is 2.73. The molecule has 6 heteroatoms. The lowest BCUT2D eigenvalue weighted by molar-refractivity contribution is 0.496. The minimum absolute atomic E-state index is 0.00546. The van der Waals surface area contributed by atoms with Gasteiger partial charge >= 0.3 is 0 Å². The van der Waals surface area contributed by atoms with E-state index in [2.05, 4.69) is 45.9 Å². The van der Waals surface area contributed by atoms with E-state index >= 15 is 0 Å². The van der Waals surface area contributed by atoms with E-state index in [1.807, 2.05) is 0 Å². The predicted molar refractivity (Wildman–Crippen MR) is 86.1 cm³/mol. The SMILES string of the molecule is CCC1(CC)N=C(SCSC#N)S/C1=C\I. The molecule has 0 aromatic carbocycles. The smallest absolute Gasteiger partial charge is 0.134 e. The van der Waals surface area contributed by atoms with Crippen LogP contribution in [0.25, 0.3) is 0 Å². The fourth-order valence-corrected chi connectivity index (χ4v) is 5.46. The summed E-state index contributed by atoms with van der Waals surface area (Å²) >= 11 is 7.00. The van der Waals surface area contributed by atoms with Crippen molar-refractivity contribution in [1.29, 1.82) is 5.26 Å². The molecule has 1 heterocycles. The maximum absolute atomic E-state index is 8.47. The molecule has 0 spiro atoms. The van der Waals surface area contributed by atoms with Gasteiger partial charge in [0.15, 0.2) is 0 Å². The number of thiocyanates is 1. The highest BCUT2D eigenvalue weighted by molar-refractivity contribution is 14.1. The molecular formula is C10H13IN2S3. The molecular weight excluding hydrogens is 371 g/mol. The topological polar surface area (TPSA) is 36.1 Å². The summed E-state index contributed by atoms with van der Waals surface area (Å²) in [6, 6.07) is 0. The van der Waals surface area contributed by atoms with Crippen molar-refractivity contribution in [3.63, 3.8) is 0 Å². The van der Waals surface area contributed by atoms with Gasteiger partial charge in [-0.3, -0.25) is 4.99 Å². The summed E-state index contributed by atoms with van der Waals surface area (Å²) in [5.74, 6) is 0. The van der Waals surface area contributed by atoms with Crippen molar-refractivity contribution in [2.45, 2.75) is 32.2 Å². The van der Waals surface area contributed by atoms with Crippen LogP contribution in [0, 0.1) is 10.7 Å². The highest BCUT2D eigenvalue weighted by atomic mass is 127. The van der Waals surface area contributed by atoms with Crippen LogP contribution in [0.2, 0.25) is 0 Å². The second-order valence-corrected chi connectivity index (χ2v) is 7.19. The predicted octanol–water partition coefficient (Wildman–Crippen LogP) is 4.83. The summed E-state index contributed by atoms with van der Waals surface area (Å²) < 4.78 is 3.25. The Bertz CT molecular complexity index is 342. The first-order chi connectivity index (χ1) is 7.72. The molecule has 1 rings (SSSR count). The Labute approximate surface area is 123 Å². The first-order valence-corrected chi connectivity index (χ1v) is 8.98. The second kappa shape index (κ2) is 7.19. The maximum atomic E-state index is 8.47. The van der Waals surface area contributed by atoms with E-state index in [9.17, 15) is 0 Å². The number of aliphatic imine (C=N–C) groups is 1. The Hall–Kier alpha value is 0.680. The number of halogens is 1. The van der Waals surface area contributed by atoms with Crippen LogP contribution in [-0.2, 0) is 0 Å². The van der Waals surface area contributed by atoms with Crippen LogP contribution in [0.4, 0.5) is 0 Å². The maximum Gasteiger partial charge on any atom is 0.134 e. The van der Waals surface area contributed by atoms with Gasteiger partial charge in [0.1, 0.15) is 9.78 Å². The number of nitrogens with zero attached hydrogens (tertiary/aromatic N) is 2. The third-order valence-electron chi connectivity index (χ3n) is 2.54. The number of hydrogen-bond acceptors (Lipinski definition) is 5. The first-order valence-electron chi connectivity index (χ1n) is 4.94. The Morgan fingerprint density at radius 2 is 2.25 bits per heavy atom. The second-order valence-electron chi connectivity index (χ2n) is 3.19. The number of hydrogen-bond donors (Lipinski definition) is 0. The van der Waals surface area contributed by atoms with E-state index in [0.717, 1.165) is 22.3 Å². The van der Waals surface area contributed by atoms with E-state index < -0.39 is 0 Å². The molecule has 0 aliphatic carbocycles. The van der Waals surface area contributed by atoms with Gasteiger partial charge in [-0.05, 0) is 28.7 Å². The van der Waals surface area contributed by atoms with Crippen LogP contribution in [0.3, 0.4) is 0 Å². The van der Waals surface area contributed by atoms with Crippen LogP contribution in [0.15, 0.2) is 14.0 Å². The molecule has 1 aliphatic heterocycles. The fourth-order valence-electron chi connectivity index (χ4n) is 1.49. The van der Waals surface area contributed by atoms with E-state index in [0.29, 0.717) is 0 Å². The van der Waals surface area contributed by atoms with Crippen LogP contribution < -0.4 is 0 Å². The van der Waals surface area contributed by atoms with Crippen molar-refractivity contribution in [2.24, 2.45) is 4.99 Å². The highest BCUT2D eigenvalue weighted by Crippen LogP contribution is 2.47. The zero-order valence-electron chi connectivity index (χ0n) is 9.20. The van der Waals surface area contributed by atoms with Crippen molar-refractivity contribution in [1.82, 2.24) is 0 Å². The molecule has 0 aromatic heterocycles. The molecule has 0 N–H and O–H groups in total. The molecule has 0 atom stereocenters.